The first kappa shape index (κ1) is 9.85. The minimum Gasteiger partial charge on any atom is -0.419 e. The quantitative estimate of drug-likeness (QED) is 0.819. The second kappa shape index (κ2) is 3.82. The summed E-state index contributed by atoms with van der Waals surface area (Å²) in [5, 5.41) is 14.5. The SMILES string of the molecule is CNC(C)c1nnc(-c2cnoc2C)o1. The van der Waals surface area contributed by atoms with Gasteiger partial charge in [-0.15, -0.1) is 10.2 Å². The molecule has 6 nitrogen and oxygen atoms in total. The molecule has 0 aromatic carbocycles. The number of nitrogens with one attached hydrogen (secondary N) is 1. The Kier molecular flexibility index (Phi) is 2.51. The largest absolute Gasteiger partial charge is 0.419 e. The van der Waals surface area contributed by atoms with E-state index in [0.717, 1.165) is 5.56 Å². The van der Waals surface area contributed by atoms with Gasteiger partial charge in [0.05, 0.1) is 12.2 Å². The Labute approximate surface area is 86.7 Å². The maximum Gasteiger partial charge on any atom is 0.253 e. The summed E-state index contributed by atoms with van der Waals surface area (Å²) in [6, 6.07) is 0.0337. The molecule has 0 radical (unpaired) electrons. The first-order valence-corrected chi connectivity index (χ1v) is 4.64. The van der Waals surface area contributed by atoms with Gasteiger partial charge in [0.15, 0.2) is 0 Å². The van der Waals surface area contributed by atoms with E-state index in [1.54, 1.807) is 13.1 Å². The van der Waals surface area contributed by atoms with Crippen LogP contribution in [0.1, 0.15) is 24.6 Å². The van der Waals surface area contributed by atoms with E-state index in [4.69, 9.17) is 8.94 Å². The van der Waals surface area contributed by atoms with Crippen LogP contribution < -0.4 is 5.32 Å². The molecule has 1 atom stereocenters. The molecule has 0 fully saturated rings. The number of aromatic nitrogens is 3. The molecule has 0 amide bonds. The zero-order chi connectivity index (χ0) is 10.8. The average molecular weight is 208 g/mol. The van der Waals surface area contributed by atoms with Crippen molar-refractivity contribution in [1.82, 2.24) is 20.7 Å². The molecule has 2 rings (SSSR count). The van der Waals surface area contributed by atoms with Crippen LogP contribution in [0, 0.1) is 6.92 Å². The molecule has 6 heteroatoms. The van der Waals surface area contributed by atoms with Crippen molar-refractivity contribution in [3.8, 4) is 11.5 Å². The summed E-state index contributed by atoms with van der Waals surface area (Å²) in [5.74, 6) is 1.65. The highest BCUT2D eigenvalue weighted by atomic mass is 16.5. The smallest absolute Gasteiger partial charge is 0.253 e. The molecule has 1 unspecified atom stereocenters. The fraction of sp³-hybridized carbons (Fsp3) is 0.444. The number of hydrogen-bond acceptors (Lipinski definition) is 6. The molecule has 80 valence electrons. The maximum atomic E-state index is 5.48. The van der Waals surface area contributed by atoms with E-state index >= 15 is 0 Å². The lowest BCUT2D eigenvalue weighted by Gasteiger charge is -2.01. The van der Waals surface area contributed by atoms with Gasteiger partial charge >= 0.3 is 0 Å². The normalized spacial score (nSPS) is 13.0. The average Bonchev–Trinajstić information content (AvgIpc) is 2.84. The highest BCUT2D eigenvalue weighted by Crippen LogP contribution is 2.22. The Hall–Kier alpha value is -1.69. The van der Waals surface area contributed by atoms with Crippen LogP contribution in [0.25, 0.3) is 11.5 Å². The Morgan fingerprint density at radius 2 is 2.20 bits per heavy atom. The van der Waals surface area contributed by atoms with Crippen LogP contribution in [-0.2, 0) is 0 Å². The summed E-state index contributed by atoms with van der Waals surface area (Å²) in [7, 11) is 1.83. The summed E-state index contributed by atoms with van der Waals surface area (Å²) in [6.45, 7) is 3.74. The molecule has 0 saturated carbocycles. The van der Waals surface area contributed by atoms with Crippen molar-refractivity contribution >= 4 is 0 Å². The summed E-state index contributed by atoms with van der Waals surface area (Å²) < 4.78 is 10.4. The third-order valence-electron chi connectivity index (χ3n) is 2.23. The van der Waals surface area contributed by atoms with Gasteiger partial charge in [-0.1, -0.05) is 5.16 Å². The molecule has 0 aliphatic rings. The van der Waals surface area contributed by atoms with Gasteiger partial charge in [-0.25, -0.2) is 0 Å². The zero-order valence-electron chi connectivity index (χ0n) is 8.81. The fourth-order valence-corrected chi connectivity index (χ4v) is 1.15. The van der Waals surface area contributed by atoms with Crippen LogP contribution in [-0.4, -0.2) is 22.4 Å². The van der Waals surface area contributed by atoms with Crippen molar-refractivity contribution in [3.05, 3.63) is 17.8 Å². The molecule has 1 N–H and O–H groups in total. The highest BCUT2D eigenvalue weighted by Gasteiger charge is 2.16. The monoisotopic (exact) mass is 208 g/mol. The Balaban J connectivity index is 2.32. The van der Waals surface area contributed by atoms with Gasteiger partial charge in [0.1, 0.15) is 11.3 Å². The van der Waals surface area contributed by atoms with E-state index in [2.05, 4.69) is 20.7 Å². The lowest BCUT2D eigenvalue weighted by atomic mass is 10.3. The summed E-state index contributed by atoms with van der Waals surface area (Å²) in [5.41, 5.74) is 0.733. The van der Waals surface area contributed by atoms with Crippen molar-refractivity contribution in [1.29, 1.82) is 0 Å². The molecular formula is C9H12N4O2. The highest BCUT2D eigenvalue weighted by molar-refractivity contribution is 5.52. The fourth-order valence-electron chi connectivity index (χ4n) is 1.15. The summed E-state index contributed by atoms with van der Waals surface area (Å²) >= 11 is 0. The lowest BCUT2D eigenvalue weighted by molar-refractivity contribution is 0.396. The predicted octanol–water partition coefficient (Wildman–Crippen LogP) is 1.31. The molecule has 2 aromatic rings. The Morgan fingerprint density at radius 3 is 2.80 bits per heavy atom. The molecule has 0 saturated heterocycles. The number of aryl methyl sites for hydroxylation is 1. The van der Waals surface area contributed by atoms with E-state index < -0.39 is 0 Å². The van der Waals surface area contributed by atoms with Gasteiger partial charge in [-0.3, -0.25) is 0 Å². The van der Waals surface area contributed by atoms with Gasteiger partial charge in [0.2, 0.25) is 5.89 Å². The van der Waals surface area contributed by atoms with Crippen molar-refractivity contribution in [2.75, 3.05) is 7.05 Å². The van der Waals surface area contributed by atoms with Gasteiger partial charge in [0.25, 0.3) is 5.89 Å². The van der Waals surface area contributed by atoms with Crippen molar-refractivity contribution in [2.24, 2.45) is 0 Å². The van der Waals surface area contributed by atoms with E-state index in [-0.39, 0.29) is 6.04 Å². The minimum absolute atomic E-state index is 0.0337. The first-order valence-electron chi connectivity index (χ1n) is 4.64. The second-order valence-corrected chi connectivity index (χ2v) is 3.25. The maximum absolute atomic E-state index is 5.48. The van der Waals surface area contributed by atoms with Crippen LogP contribution in [0.15, 0.2) is 15.1 Å². The number of rotatable bonds is 3. The second-order valence-electron chi connectivity index (χ2n) is 3.25. The van der Waals surface area contributed by atoms with Crippen molar-refractivity contribution in [3.63, 3.8) is 0 Å². The molecule has 0 bridgehead atoms. The predicted molar refractivity (Wildman–Crippen MR) is 52.0 cm³/mol. The molecule has 0 aliphatic heterocycles. The number of hydrogen-bond donors (Lipinski definition) is 1. The molecule has 0 aliphatic carbocycles. The summed E-state index contributed by atoms with van der Waals surface area (Å²) in [4.78, 5) is 0. The van der Waals surface area contributed by atoms with Gasteiger partial charge in [-0.05, 0) is 20.9 Å². The Morgan fingerprint density at radius 1 is 1.40 bits per heavy atom. The molecule has 15 heavy (non-hydrogen) atoms. The van der Waals surface area contributed by atoms with E-state index in [1.165, 1.54) is 0 Å². The van der Waals surface area contributed by atoms with E-state index in [9.17, 15) is 0 Å². The van der Waals surface area contributed by atoms with Crippen LogP contribution in [0.2, 0.25) is 0 Å². The minimum atomic E-state index is 0.0337. The van der Waals surface area contributed by atoms with Gasteiger partial charge < -0.3 is 14.3 Å². The van der Waals surface area contributed by atoms with Crippen LogP contribution >= 0.6 is 0 Å². The molecule has 0 spiro atoms. The topological polar surface area (TPSA) is 77.0 Å². The molecule has 2 aromatic heterocycles. The van der Waals surface area contributed by atoms with Gasteiger partial charge in [0, 0.05) is 0 Å². The van der Waals surface area contributed by atoms with Crippen molar-refractivity contribution < 1.29 is 8.94 Å². The van der Waals surface area contributed by atoms with E-state index in [0.29, 0.717) is 17.5 Å². The third kappa shape index (κ3) is 1.75. The third-order valence-corrected chi connectivity index (χ3v) is 2.23. The van der Waals surface area contributed by atoms with Crippen molar-refractivity contribution in [2.45, 2.75) is 19.9 Å². The van der Waals surface area contributed by atoms with Crippen LogP contribution in [0.5, 0.6) is 0 Å². The van der Waals surface area contributed by atoms with Crippen LogP contribution in [0.3, 0.4) is 0 Å². The zero-order valence-corrected chi connectivity index (χ0v) is 8.81. The first-order chi connectivity index (χ1) is 7.22. The lowest BCUT2D eigenvalue weighted by Crippen LogP contribution is -2.12. The molecular weight excluding hydrogens is 196 g/mol. The number of nitrogens with zero attached hydrogens (tertiary/aromatic N) is 3. The van der Waals surface area contributed by atoms with Gasteiger partial charge in [-0.2, -0.15) is 0 Å². The summed E-state index contributed by atoms with van der Waals surface area (Å²) in [6.07, 6.45) is 1.57. The van der Waals surface area contributed by atoms with Crippen LogP contribution in [0.4, 0.5) is 0 Å². The standard InChI is InChI=1S/C9H12N4O2/c1-5(10-3)8-12-13-9(14-8)7-4-11-15-6(7)2/h4-5,10H,1-3H3. The van der Waals surface area contributed by atoms with E-state index in [1.807, 2.05) is 14.0 Å². The Bertz CT molecular complexity index is 448. The molecule has 2 heterocycles.